The molecule has 0 spiro atoms. The molecule has 168 valence electrons. The maximum Gasteiger partial charge on any atom is 0.269 e. The SMILES string of the molecule is COc1ccc(Oc2nc3ccccn3c(=O)c2C=C(C#N)C(=O)Nc2ccccc2Cl)cc1. The van der Waals surface area contributed by atoms with E-state index >= 15 is 0 Å². The van der Waals surface area contributed by atoms with Crippen molar-refractivity contribution in [3.63, 3.8) is 0 Å². The number of carbonyl (C=O) groups is 1. The van der Waals surface area contributed by atoms with Crippen LogP contribution >= 0.6 is 11.6 Å². The Kier molecular flexibility index (Phi) is 6.57. The minimum absolute atomic E-state index is 0.0559. The van der Waals surface area contributed by atoms with Gasteiger partial charge in [0.25, 0.3) is 11.5 Å². The van der Waals surface area contributed by atoms with Crippen LogP contribution in [0.4, 0.5) is 5.69 Å². The van der Waals surface area contributed by atoms with Gasteiger partial charge < -0.3 is 14.8 Å². The molecule has 0 fully saturated rings. The molecule has 4 rings (SSSR count). The van der Waals surface area contributed by atoms with Crippen LogP contribution in [0, 0.1) is 11.3 Å². The molecule has 0 atom stereocenters. The molecule has 0 unspecified atom stereocenters. The predicted molar refractivity (Wildman–Crippen MR) is 128 cm³/mol. The summed E-state index contributed by atoms with van der Waals surface area (Å²) in [4.78, 5) is 30.4. The number of benzene rings is 2. The van der Waals surface area contributed by atoms with E-state index < -0.39 is 11.5 Å². The van der Waals surface area contributed by atoms with Crippen molar-refractivity contribution in [1.29, 1.82) is 5.26 Å². The monoisotopic (exact) mass is 472 g/mol. The quantitative estimate of drug-likeness (QED) is 0.322. The number of anilines is 1. The van der Waals surface area contributed by atoms with E-state index in [1.807, 2.05) is 6.07 Å². The fourth-order valence-electron chi connectivity index (χ4n) is 3.08. The molecule has 0 aliphatic heterocycles. The Morgan fingerprint density at radius 2 is 1.79 bits per heavy atom. The van der Waals surface area contributed by atoms with Crippen LogP contribution in [0.15, 0.2) is 83.3 Å². The molecule has 1 amide bonds. The second-order valence-electron chi connectivity index (χ2n) is 6.95. The maximum atomic E-state index is 13.2. The molecule has 2 aromatic heterocycles. The van der Waals surface area contributed by atoms with Gasteiger partial charge in [0.15, 0.2) is 0 Å². The van der Waals surface area contributed by atoms with E-state index in [0.717, 1.165) is 6.08 Å². The highest BCUT2D eigenvalue weighted by atomic mass is 35.5. The molecular weight excluding hydrogens is 456 g/mol. The molecule has 34 heavy (non-hydrogen) atoms. The van der Waals surface area contributed by atoms with Crippen LogP contribution in [-0.4, -0.2) is 22.4 Å². The van der Waals surface area contributed by atoms with Gasteiger partial charge in [0.2, 0.25) is 5.88 Å². The van der Waals surface area contributed by atoms with E-state index in [-0.39, 0.29) is 17.0 Å². The van der Waals surface area contributed by atoms with Crippen LogP contribution in [0.1, 0.15) is 5.56 Å². The largest absolute Gasteiger partial charge is 0.497 e. The molecule has 4 aromatic rings. The Morgan fingerprint density at radius 3 is 2.50 bits per heavy atom. The average molecular weight is 473 g/mol. The summed E-state index contributed by atoms with van der Waals surface area (Å²) in [6.07, 6.45) is 2.69. The maximum absolute atomic E-state index is 13.2. The van der Waals surface area contributed by atoms with Crippen LogP contribution < -0.4 is 20.3 Å². The van der Waals surface area contributed by atoms with Crippen LogP contribution in [0.5, 0.6) is 17.4 Å². The predicted octanol–water partition coefficient (Wildman–Crippen LogP) is 4.69. The van der Waals surface area contributed by atoms with Crippen molar-refractivity contribution in [3.05, 3.63) is 99.4 Å². The second kappa shape index (κ2) is 9.90. The van der Waals surface area contributed by atoms with Gasteiger partial charge in [-0.2, -0.15) is 10.2 Å². The fraction of sp³-hybridized carbons (Fsp3) is 0.0400. The number of pyridine rings is 1. The summed E-state index contributed by atoms with van der Waals surface area (Å²) < 4.78 is 12.3. The summed E-state index contributed by atoms with van der Waals surface area (Å²) in [7, 11) is 1.54. The van der Waals surface area contributed by atoms with Crippen LogP contribution in [0.3, 0.4) is 0 Å². The van der Waals surface area contributed by atoms with Gasteiger partial charge >= 0.3 is 0 Å². The zero-order valence-electron chi connectivity index (χ0n) is 17.9. The number of para-hydroxylation sites is 1. The number of hydrogen-bond donors (Lipinski definition) is 1. The first kappa shape index (κ1) is 22.6. The molecule has 0 aliphatic carbocycles. The molecular formula is C25H17ClN4O4. The smallest absolute Gasteiger partial charge is 0.269 e. The van der Waals surface area contributed by atoms with Crippen LogP contribution in [0.2, 0.25) is 5.02 Å². The van der Waals surface area contributed by atoms with E-state index in [2.05, 4.69) is 10.3 Å². The summed E-state index contributed by atoms with van der Waals surface area (Å²) in [5.41, 5.74) is -0.224. The van der Waals surface area contributed by atoms with Gasteiger partial charge in [-0.3, -0.25) is 14.0 Å². The first-order valence-electron chi connectivity index (χ1n) is 10.0. The second-order valence-corrected chi connectivity index (χ2v) is 7.35. The highest BCUT2D eigenvalue weighted by Crippen LogP contribution is 2.26. The summed E-state index contributed by atoms with van der Waals surface area (Å²) in [6.45, 7) is 0. The lowest BCUT2D eigenvalue weighted by Gasteiger charge is -2.11. The number of nitrogens with zero attached hydrogens (tertiary/aromatic N) is 3. The minimum atomic E-state index is -0.733. The van der Waals surface area contributed by atoms with Crippen molar-refractivity contribution in [3.8, 4) is 23.4 Å². The van der Waals surface area contributed by atoms with Gasteiger partial charge in [0.1, 0.15) is 34.4 Å². The molecule has 9 heteroatoms. The number of aromatic nitrogens is 2. The van der Waals surface area contributed by atoms with E-state index in [0.29, 0.717) is 27.9 Å². The summed E-state index contributed by atoms with van der Waals surface area (Å²) in [6, 6.07) is 20.2. The lowest BCUT2D eigenvalue weighted by Crippen LogP contribution is -2.20. The molecule has 8 nitrogen and oxygen atoms in total. The van der Waals surface area contributed by atoms with Gasteiger partial charge in [-0.15, -0.1) is 0 Å². The number of nitrogens with one attached hydrogen (secondary N) is 1. The normalized spacial score (nSPS) is 11.0. The van der Waals surface area contributed by atoms with E-state index in [1.165, 1.54) is 10.6 Å². The molecule has 0 bridgehead atoms. The molecule has 0 radical (unpaired) electrons. The van der Waals surface area contributed by atoms with Gasteiger partial charge in [0.05, 0.1) is 17.8 Å². The third-order valence-corrected chi connectivity index (χ3v) is 5.11. The summed E-state index contributed by atoms with van der Waals surface area (Å²) in [5, 5.41) is 12.5. The topological polar surface area (TPSA) is 106 Å². The van der Waals surface area contributed by atoms with Crippen molar-refractivity contribution >= 4 is 34.9 Å². The van der Waals surface area contributed by atoms with Crippen molar-refractivity contribution in [2.75, 3.05) is 12.4 Å². The first-order valence-corrected chi connectivity index (χ1v) is 10.4. The Hall–Kier alpha value is -4.61. The molecule has 2 heterocycles. The average Bonchev–Trinajstić information content (AvgIpc) is 2.86. The lowest BCUT2D eigenvalue weighted by atomic mass is 10.1. The van der Waals surface area contributed by atoms with Gasteiger partial charge in [-0.05, 0) is 54.6 Å². The number of rotatable bonds is 6. The number of methoxy groups -OCH3 is 1. The van der Waals surface area contributed by atoms with Gasteiger partial charge in [0, 0.05) is 6.20 Å². The van der Waals surface area contributed by atoms with E-state index in [9.17, 15) is 14.9 Å². The zero-order chi connectivity index (χ0) is 24.1. The van der Waals surface area contributed by atoms with E-state index in [4.69, 9.17) is 21.1 Å². The summed E-state index contributed by atoms with van der Waals surface area (Å²) >= 11 is 6.09. The number of amides is 1. The van der Waals surface area contributed by atoms with Crippen LogP contribution in [-0.2, 0) is 4.79 Å². The number of carbonyl (C=O) groups excluding carboxylic acids is 1. The highest BCUT2D eigenvalue weighted by molar-refractivity contribution is 6.34. The third-order valence-electron chi connectivity index (χ3n) is 4.78. The van der Waals surface area contributed by atoms with Crippen molar-refractivity contribution in [2.45, 2.75) is 0 Å². The number of hydrogen-bond acceptors (Lipinski definition) is 6. The van der Waals surface area contributed by atoms with Gasteiger partial charge in [-0.1, -0.05) is 29.8 Å². The summed E-state index contributed by atoms with van der Waals surface area (Å²) in [5.74, 6) is 0.229. The molecule has 2 aromatic carbocycles. The van der Waals surface area contributed by atoms with Crippen molar-refractivity contribution < 1.29 is 14.3 Å². The van der Waals surface area contributed by atoms with Crippen molar-refractivity contribution in [1.82, 2.24) is 9.38 Å². The number of ether oxygens (including phenoxy) is 2. The molecule has 0 saturated heterocycles. The van der Waals surface area contributed by atoms with Crippen molar-refractivity contribution in [2.24, 2.45) is 0 Å². The molecule has 1 N–H and O–H groups in total. The van der Waals surface area contributed by atoms with E-state index in [1.54, 1.807) is 73.8 Å². The number of halogens is 1. The van der Waals surface area contributed by atoms with Crippen LogP contribution in [0.25, 0.3) is 11.7 Å². The number of fused-ring (bicyclic) bond motifs is 1. The fourth-order valence-corrected chi connectivity index (χ4v) is 3.27. The molecule has 0 saturated carbocycles. The standard InChI is InChI=1S/C25H17ClN4O4/c1-33-17-9-11-18(12-10-17)34-24-19(25(32)30-13-5-4-8-22(30)29-24)14-16(15-27)23(31)28-21-7-3-2-6-20(21)26/h2-14H,1H3,(H,28,31). The minimum Gasteiger partial charge on any atom is -0.497 e. The molecule has 0 aliphatic rings. The Bertz CT molecular complexity index is 1500. The number of nitriles is 1. The highest BCUT2D eigenvalue weighted by Gasteiger charge is 2.18. The lowest BCUT2D eigenvalue weighted by molar-refractivity contribution is -0.112. The Balaban J connectivity index is 1.79. The van der Waals surface area contributed by atoms with Gasteiger partial charge in [-0.25, -0.2) is 0 Å². The Morgan fingerprint density at radius 1 is 1.09 bits per heavy atom. The first-order chi connectivity index (χ1) is 16.5. The Labute approximate surface area is 199 Å². The third kappa shape index (κ3) is 4.75. The zero-order valence-corrected chi connectivity index (χ0v) is 18.6.